The summed E-state index contributed by atoms with van der Waals surface area (Å²) in [4.78, 5) is 81.5. The molecule has 2 rings (SSSR count). The summed E-state index contributed by atoms with van der Waals surface area (Å²) >= 11 is 0. The number of ether oxygens (including phenoxy) is 1. The average Bonchev–Trinajstić information content (AvgIpc) is 2.99. The number of nitrogens with two attached hydrogens (primary N) is 3. The number of rotatable bonds is 13. The van der Waals surface area contributed by atoms with Gasteiger partial charge < -0.3 is 53.6 Å². The van der Waals surface area contributed by atoms with Crippen molar-refractivity contribution in [2.45, 2.75) is 70.1 Å². The van der Waals surface area contributed by atoms with E-state index in [1.165, 1.54) is 0 Å². The van der Waals surface area contributed by atoms with Crippen LogP contribution in [-0.2, 0) is 35.2 Å². The minimum absolute atomic E-state index is 0.0473. The van der Waals surface area contributed by atoms with Gasteiger partial charge in [0.1, 0.15) is 29.9 Å². The molecule has 0 bridgehead atoms. The van der Waals surface area contributed by atoms with Gasteiger partial charge in [0.2, 0.25) is 29.5 Å². The Bertz CT molecular complexity index is 1250. The van der Waals surface area contributed by atoms with Crippen LogP contribution in [0.2, 0.25) is 0 Å². The average molecular weight is 648 g/mol. The first-order valence-electron chi connectivity index (χ1n) is 15.0. The number of hydrogen-bond acceptors (Lipinski definition) is 9. The number of nitrogens with one attached hydrogen (secondary N) is 5. The topological polar surface area (TPSA) is 282 Å². The summed E-state index contributed by atoms with van der Waals surface area (Å²) in [5.74, 6) is -5.34. The molecular formula is C29H45N9O8. The van der Waals surface area contributed by atoms with Crippen LogP contribution in [-0.4, -0.2) is 97.0 Å². The molecule has 1 fully saturated rings. The Morgan fingerprint density at radius 2 is 1.57 bits per heavy atom. The highest BCUT2D eigenvalue weighted by atomic mass is 16.5. The number of hydrogen-bond donors (Lipinski definition) is 9. The summed E-state index contributed by atoms with van der Waals surface area (Å²) in [5, 5.41) is 21.9. The molecule has 1 saturated heterocycles. The molecule has 0 aromatic heterocycles. The van der Waals surface area contributed by atoms with Crippen molar-refractivity contribution in [1.82, 2.24) is 26.6 Å². The monoisotopic (exact) mass is 647 g/mol. The standard InChI is InChI=1S/C29H45N9O8/c1-16(2)24-28(45)36-19(5-3-11-33-29(31)32)25(42)34-15-22(39)35-21(14-23(40)41)26(43)37-20(27(44)38-24)13-17-6-8-18(9-7-17)46-12-4-10-30/h6-9,16,19-21,24H,3-5,10-15,30H2,1-2H3,(H,34,42)(H,35,39)(H,36,45)(H,37,43)(H,38,44)(H,40,41)(H4,31,32,33)/t19-,20+,21-,24-/m0/s1. The van der Waals surface area contributed by atoms with Gasteiger partial charge in [-0.3, -0.25) is 33.8 Å². The predicted molar refractivity (Wildman–Crippen MR) is 167 cm³/mol. The van der Waals surface area contributed by atoms with E-state index in [9.17, 15) is 33.9 Å². The highest BCUT2D eigenvalue weighted by Crippen LogP contribution is 2.15. The minimum atomic E-state index is -1.57. The number of aliphatic carboxylic acids is 1. The SMILES string of the molecule is CC(C)[C@@H]1NC(=O)[C@@H](Cc2ccc(OCCCN)cc2)NC(=O)[C@H](CC(=O)O)NC(=O)CNC(=O)[C@H](CCCN=C(N)N)NC1=O. The Hall–Kier alpha value is -4.93. The molecule has 0 spiro atoms. The van der Waals surface area contributed by atoms with Crippen molar-refractivity contribution in [3.05, 3.63) is 29.8 Å². The third-order valence-electron chi connectivity index (χ3n) is 6.89. The second-order valence-corrected chi connectivity index (χ2v) is 11.1. The van der Waals surface area contributed by atoms with Gasteiger partial charge in [-0.05, 0) is 49.4 Å². The van der Waals surface area contributed by atoms with Crippen molar-refractivity contribution in [3.63, 3.8) is 0 Å². The van der Waals surface area contributed by atoms with Gasteiger partial charge in [0.25, 0.3) is 0 Å². The highest BCUT2D eigenvalue weighted by Gasteiger charge is 2.34. The van der Waals surface area contributed by atoms with Crippen molar-refractivity contribution >= 4 is 41.5 Å². The molecule has 17 heteroatoms. The summed E-state index contributed by atoms with van der Waals surface area (Å²) in [7, 11) is 0. The van der Waals surface area contributed by atoms with Gasteiger partial charge in [-0.2, -0.15) is 0 Å². The quantitative estimate of drug-likeness (QED) is 0.0599. The van der Waals surface area contributed by atoms with E-state index in [4.69, 9.17) is 21.9 Å². The molecule has 1 aliphatic heterocycles. The van der Waals surface area contributed by atoms with E-state index in [1.54, 1.807) is 38.1 Å². The highest BCUT2D eigenvalue weighted by molar-refractivity contribution is 5.98. The molecule has 1 heterocycles. The van der Waals surface area contributed by atoms with Crippen LogP contribution in [0.3, 0.4) is 0 Å². The fraction of sp³-hybridized carbons (Fsp3) is 0.552. The molecule has 4 atom stereocenters. The summed E-state index contributed by atoms with van der Waals surface area (Å²) in [6, 6.07) is 1.66. The third kappa shape index (κ3) is 13.0. The van der Waals surface area contributed by atoms with Crippen LogP contribution in [0.15, 0.2) is 29.3 Å². The Labute approximate surface area is 266 Å². The number of amides is 5. The molecule has 12 N–H and O–H groups in total. The van der Waals surface area contributed by atoms with Crippen molar-refractivity contribution in [3.8, 4) is 5.75 Å². The van der Waals surface area contributed by atoms with Crippen LogP contribution in [0.1, 0.15) is 45.1 Å². The molecule has 0 unspecified atom stereocenters. The number of carboxylic acid groups (broad SMARTS) is 1. The largest absolute Gasteiger partial charge is 0.494 e. The lowest BCUT2D eigenvalue weighted by molar-refractivity contribution is -0.141. The first kappa shape index (κ1) is 37.3. The number of nitrogens with zero attached hydrogens (tertiary/aromatic N) is 1. The number of carboxylic acids is 1. The summed E-state index contributed by atoms with van der Waals surface area (Å²) < 4.78 is 5.61. The smallest absolute Gasteiger partial charge is 0.305 e. The molecule has 5 amide bonds. The lowest BCUT2D eigenvalue weighted by atomic mass is 9.99. The van der Waals surface area contributed by atoms with Crippen LogP contribution in [0.4, 0.5) is 0 Å². The first-order valence-corrected chi connectivity index (χ1v) is 15.0. The van der Waals surface area contributed by atoms with E-state index in [2.05, 4.69) is 31.6 Å². The summed E-state index contributed by atoms with van der Waals surface area (Å²) in [5.41, 5.74) is 16.8. The van der Waals surface area contributed by atoms with Crippen molar-refractivity contribution in [1.29, 1.82) is 0 Å². The second kappa shape index (κ2) is 18.8. The molecule has 0 radical (unpaired) electrons. The van der Waals surface area contributed by atoms with Gasteiger partial charge >= 0.3 is 5.97 Å². The van der Waals surface area contributed by atoms with Gasteiger partial charge in [-0.15, -0.1) is 0 Å². The van der Waals surface area contributed by atoms with E-state index in [1.807, 2.05) is 0 Å². The maximum Gasteiger partial charge on any atom is 0.305 e. The van der Waals surface area contributed by atoms with E-state index in [0.29, 0.717) is 37.3 Å². The predicted octanol–water partition coefficient (Wildman–Crippen LogP) is -2.79. The van der Waals surface area contributed by atoms with Crippen LogP contribution in [0.5, 0.6) is 5.75 Å². The molecule has 1 aliphatic rings. The number of benzene rings is 1. The zero-order chi connectivity index (χ0) is 34.2. The van der Waals surface area contributed by atoms with E-state index < -0.39 is 78.6 Å². The Kier molecular flexibility index (Phi) is 15.2. The zero-order valence-corrected chi connectivity index (χ0v) is 26.0. The molecule has 0 saturated carbocycles. The van der Waals surface area contributed by atoms with Crippen molar-refractivity contribution < 1.29 is 38.6 Å². The second-order valence-electron chi connectivity index (χ2n) is 11.1. The number of aliphatic imine (C=N–C) groups is 1. The van der Waals surface area contributed by atoms with Crippen LogP contribution in [0.25, 0.3) is 0 Å². The molecule has 254 valence electrons. The fourth-order valence-electron chi connectivity index (χ4n) is 4.45. The zero-order valence-electron chi connectivity index (χ0n) is 26.0. The number of carbonyl (C=O) groups excluding carboxylic acids is 5. The first-order chi connectivity index (χ1) is 21.8. The maximum atomic E-state index is 13.7. The molecule has 0 aliphatic carbocycles. The molecule has 1 aromatic carbocycles. The Morgan fingerprint density at radius 1 is 0.913 bits per heavy atom. The van der Waals surface area contributed by atoms with E-state index in [-0.39, 0.29) is 25.3 Å². The lowest BCUT2D eigenvalue weighted by Gasteiger charge is -2.27. The number of carbonyl (C=O) groups is 6. The number of guanidine groups is 1. The summed E-state index contributed by atoms with van der Waals surface area (Å²) in [6.07, 6.45) is 0.201. The van der Waals surface area contributed by atoms with Crippen molar-refractivity contribution in [2.75, 3.05) is 26.2 Å². The van der Waals surface area contributed by atoms with Gasteiger partial charge in [-0.25, -0.2) is 0 Å². The maximum absolute atomic E-state index is 13.7. The van der Waals surface area contributed by atoms with Gasteiger partial charge in [-0.1, -0.05) is 26.0 Å². The Morgan fingerprint density at radius 3 is 2.17 bits per heavy atom. The van der Waals surface area contributed by atoms with Crippen molar-refractivity contribution in [2.24, 2.45) is 28.1 Å². The van der Waals surface area contributed by atoms with Gasteiger partial charge in [0.05, 0.1) is 19.6 Å². The Balaban J connectivity index is 2.42. The van der Waals surface area contributed by atoms with Crippen LogP contribution < -0.4 is 48.5 Å². The third-order valence-corrected chi connectivity index (χ3v) is 6.89. The lowest BCUT2D eigenvalue weighted by Crippen LogP contribution is -2.59. The molecule has 1 aromatic rings. The van der Waals surface area contributed by atoms with Gasteiger partial charge in [0, 0.05) is 13.0 Å². The van der Waals surface area contributed by atoms with E-state index >= 15 is 0 Å². The molecule has 17 nitrogen and oxygen atoms in total. The molecule has 46 heavy (non-hydrogen) atoms. The molecular weight excluding hydrogens is 602 g/mol. The minimum Gasteiger partial charge on any atom is -0.494 e. The van der Waals surface area contributed by atoms with E-state index in [0.717, 1.165) is 0 Å². The van der Waals surface area contributed by atoms with Crippen LogP contribution >= 0.6 is 0 Å². The van der Waals surface area contributed by atoms with Gasteiger partial charge in [0.15, 0.2) is 5.96 Å². The fourth-order valence-corrected chi connectivity index (χ4v) is 4.45. The summed E-state index contributed by atoms with van der Waals surface area (Å²) in [6.45, 7) is 3.82. The van der Waals surface area contributed by atoms with Crippen LogP contribution in [0, 0.1) is 5.92 Å². The normalized spacial score (nSPS) is 21.4.